The van der Waals surface area contributed by atoms with Crippen LogP contribution in [0.2, 0.25) is 0 Å². The van der Waals surface area contributed by atoms with Crippen LogP contribution < -0.4 is 15.0 Å². The van der Waals surface area contributed by atoms with Gasteiger partial charge in [0.1, 0.15) is 17.2 Å². The highest BCUT2D eigenvalue weighted by Gasteiger charge is 2.67. The van der Waals surface area contributed by atoms with E-state index < -0.39 is 53.5 Å². The van der Waals surface area contributed by atoms with Crippen LogP contribution in [0, 0.1) is 11.8 Å². The highest BCUT2D eigenvalue weighted by atomic mass is 16.5. The summed E-state index contributed by atoms with van der Waals surface area (Å²) in [5, 5.41) is 3.08. The molecule has 3 rings (SSSR count). The second kappa shape index (κ2) is 9.36. The SMILES string of the molecule is COC(=O)[C@@H]1[C@H]([C@H]2[C@@H](OC)C(=O)N2c2ccc(OC)cc2)N[C@](C)(C(=O)OC)[C@H]1C(=O)OC. The van der Waals surface area contributed by atoms with E-state index in [0.29, 0.717) is 11.4 Å². The molecule has 33 heavy (non-hydrogen) atoms. The van der Waals surface area contributed by atoms with Crippen molar-refractivity contribution in [1.29, 1.82) is 0 Å². The molecule has 2 heterocycles. The maximum atomic E-state index is 12.9. The Bertz CT molecular complexity index is 934. The first-order valence-corrected chi connectivity index (χ1v) is 10.2. The van der Waals surface area contributed by atoms with Gasteiger partial charge in [-0.25, -0.2) is 0 Å². The van der Waals surface area contributed by atoms with E-state index in [1.165, 1.54) is 40.3 Å². The molecular weight excluding hydrogens is 436 g/mol. The van der Waals surface area contributed by atoms with E-state index in [2.05, 4.69) is 5.32 Å². The van der Waals surface area contributed by atoms with Gasteiger partial charge in [-0.2, -0.15) is 0 Å². The molecule has 1 aromatic carbocycles. The fourth-order valence-electron chi connectivity index (χ4n) is 4.83. The van der Waals surface area contributed by atoms with Gasteiger partial charge in [0.05, 0.1) is 40.4 Å². The van der Waals surface area contributed by atoms with E-state index in [-0.39, 0.29) is 5.91 Å². The predicted molar refractivity (Wildman–Crippen MR) is 113 cm³/mol. The van der Waals surface area contributed by atoms with Crippen molar-refractivity contribution in [2.75, 3.05) is 40.4 Å². The van der Waals surface area contributed by atoms with Gasteiger partial charge >= 0.3 is 17.9 Å². The largest absolute Gasteiger partial charge is 0.497 e. The molecule has 180 valence electrons. The van der Waals surface area contributed by atoms with Crippen LogP contribution >= 0.6 is 0 Å². The van der Waals surface area contributed by atoms with Crippen molar-refractivity contribution in [3.05, 3.63) is 24.3 Å². The van der Waals surface area contributed by atoms with Gasteiger partial charge in [-0.15, -0.1) is 0 Å². The molecule has 0 bridgehead atoms. The number of β-lactam (4-membered cyclic amide) rings is 1. The first kappa shape index (κ1) is 24.5. The third-order valence-corrected chi connectivity index (χ3v) is 6.43. The van der Waals surface area contributed by atoms with Crippen LogP contribution in [0.15, 0.2) is 24.3 Å². The Balaban J connectivity index is 2.10. The topological polar surface area (TPSA) is 130 Å². The van der Waals surface area contributed by atoms with Crippen molar-refractivity contribution in [2.24, 2.45) is 11.8 Å². The lowest BCUT2D eigenvalue weighted by molar-refractivity contribution is -0.164. The van der Waals surface area contributed by atoms with Crippen LogP contribution in [-0.4, -0.2) is 83.1 Å². The molecule has 2 fully saturated rings. The molecule has 0 radical (unpaired) electrons. The van der Waals surface area contributed by atoms with Crippen LogP contribution in [0.3, 0.4) is 0 Å². The summed E-state index contributed by atoms with van der Waals surface area (Å²) >= 11 is 0. The third-order valence-electron chi connectivity index (χ3n) is 6.43. The molecule has 11 heteroatoms. The van der Waals surface area contributed by atoms with Crippen molar-refractivity contribution < 1.29 is 42.9 Å². The maximum Gasteiger partial charge on any atom is 0.326 e. The Morgan fingerprint density at radius 1 is 0.939 bits per heavy atom. The van der Waals surface area contributed by atoms with Gasteiger partial charge in [0.15, 0.2) is 6.10 Å². The average Bonchev–Trinajstić information content (AvgIpc) is 3.14. The molecule has 1 aromatic rings. The second-order valence-corrected chi connectivity index (χ2v) is 7.97. The number of nitrogens with one attached hydrogen (secondary N) is 1. The summed E-state index contributed by atoms with van der Waals surface area (Å²) in [6.45, 7) is 1.45. The molecule has 11 nitrogen and oxygen atoms in total. The lowest BCUT2D eigenvalue weighted by Crippen LogP contribution is -2.73. The summed E-state index contributed by atoms with van der Waals surface area (Å²) in [6, 6.07) is 5.13. The van der Waals surface area contributed by atoms with E-state index in [9.17, 15) is 19.2 Å². The number of hydrogen-bond donors (Lipinski definition) is 1. The fraction of sp³-hybridized carbons (Fsp3) is 0.545. The van der Waals surface area contributed by atoms with Crippen molar-refractivity contribution >= 4 is 29.5 Å². The number of nitrogens with zero attached hydrogens (tertiary/aromatic N) is 1. The lowest BCUT2D eigenvalue weighted by atomic mass is 9.76. The summed E-state index contributed by atoms with van der Waals surface area (Å²) in [5.41, 5.74) is -1.08. The summed E-state index contributed by atoms with van der Waals surface area (Å²) in [4.78, 5) is 52.9. The number of benzene rings is 1. The highest BCUT2D eigenvalue weighted by molar-refractivity contribution is 6.06. The Labute approximate surface area is 191 Å². The molecule has 2 aliphatic rings. The molecule has 1 N–H and O–H groups in total. The molecule has 2 aliphatic heterocycles. The molecule has 2 saturated heterocycles. The van der Waals surface area contributed by atoms with Gasteiger partial charge in [0.2, 0.25) is 0 Å². The minimum absolute atomic E-state index is 0.334. The van der Waals surface area contributed by atoms with Crippen LogP contribution in [-0.2, 0) is 38.1 Å². The quantitative estimate of drug-likeness (QED) is 0.332. The maximum absolute atomic E-state index is 12.9. The summed E-state index contributed by atoms with van der Waals surface area (Å²) in [5.74, 6) is -4.45. The summed E-state index contributed by atoms with van der Waals surface area (Å²) in [7, 11) is 6.43. The van der Waals surface area contributed by atoms with Gasteiger partial charge < -0.3 is 28.6 Å². The van der Waals surface area contributed by atoms with Crippen molar-refractivity contribution in [1.82, 2.24) is 5.32 Å². The smallest absolute Gasteiger partial charge is 0.326 e. The Hall–Kier alpha value is -3.18. The predicted octanol–water partition coefficient (Wildman–Crippen LogP) is -0.0927. The van der Waals surface area contributed by atoms with E-state index in [4.69, 9.17) is 23.7 Å². The number of hydrogen-bond acceptors (Lipinski definition) is 10. The summed E-state index contributed by atoms with van der Waals surface area (Å²) in [6.07, 6.45) is -0.921. The van der Waals surface area contributed by atoms with Gasteiger partial charge in [-0.05, 0) is 31.2 Å². The Kier molecular flexibility index (Phi) is 6.94. The highest BCUT2D eigenvalue weighted by Crippen LogP contribution is 2.44. The number of methoxy groups -OCH3 is 5. The number of carbonyl (C=O) groups is 4. The number of carbonyl (C=O) groups excluding carboxylic acids is 4. The minimum Gasteiger partial charge on any atom is -0.497 e. The van der Waals surface area contributed by atoms with E-state index in [1.807, 2.05) is 0 Å². The zero-order valence-electron chi connectivity index (χ0n) is 19.3. The Morgan fingerprint density at radius 3 is 2.03 bits per heavy atom. The second-order valence-electron chi connectivity index (χ2n) is 7.97. The number of amides is 1. The van der Waals surface area contributed by atoms with Crippen LogP contribution in [0.5, 0.6) is 5.75 Å². The van der Waals surface area contributed by atoms with Crippen LogP contribution in [0.4, 0.5) is 5.69 Å². The van der Waals surface area contributed by atoms with Crippen molar-refractivity contribution in [3.63, 3.8) is 0 Å². The van der Waals surface area contributed by atoms with Crippen molar-refractivity contribution in [2.45, 2.75) is 30.7 Å². The molecule has 1 amide bonds. The normalized spacial score (nSPS) is 30.9. The lowest BCUT2D eigenvalue weighted by Gasteiger charge is -2.50. The van der Waals surface area contributed by atoms with Crippen LogP contribution in [0.1, 0.15) is 6.92 Å². The molecule has 0 saturated carbocycles. The number of esters is 3. The van der Waals surface area contributed by atoms with Crippen molar-refractivity contribution in [3.8, 4) is 5.75 Å². The van der Waals surface area contributed by atoms with Gasteiger partial charge in [-0.3, -0.25) is 24.5 Å². The Morgan fingerprint density at radius 2 is 1.55 bits per heavy atom. The zero-order chi connectivity index (χ0) is 24.5. The molecule has 0 spiro atoms. The number of anilines is 1. The van der Waals surface area contributed by atoms with Crippen LogP contribution in [0.25, 0.3) is 0 Å². The molecule has 6 atom stereocenters. The average molecular weight is 464 g/mol. The first-order chi connectivity index (χ1) is 15.7. The monoisotopic (exact) mass is 464 g/mol. The van der Waals surface area contributed by atoms with E-state index in [0.717, 1.165) is 7.11 Å². The molecule has 0 aliphatic carbocycles. The first-order valence-electron chi connectivity index (χ1n) is 10.2. The summed E-state index contributed by atoms with van der Waals surface area (Å²) < 4.78 is 25.4. The standard InChI is InChI=1S/C22H28N2O9/c1-22(21(28)33-6)14(20(27)32-5)13(19(26)31-4)15(23-22)16-17(30-3)18(25)24(16)11-7-9-12(29-2)10-8-11/h7-10,13-17,23H,1-6H3/t13-,14+,15+,16-,17+,22-/m0/s1. The number of ether oxygens (including phenoxy) is 5. The zero-order valence-corrected chi connectivity index (χ0v) is 19.3. The van der Waals surface area contributed by atoms with Gasteiger partial charge in [0, 0.05) is 18.8 Å². The van der Waals surface area contributed by atoms with Gasteiger partial charge in [-0.1, -0.05) is 0 Å². The molecule has 0 unspecified atom stereocenters. The minimum atomic E-state index is -1.62. The number of rotatable bonds is 7. The molecule has 0 aromatic heterocycles. The fourth-order valence-corrected chi connectivity index (χ4v) is 4.83. The van der Waals surface area contributed by atoms with E-state index >= 15 is 0 Å². The van der Waals surface area contributed by atoms with E-state index in [1.54, 1.807) is 24.3 Å². The van der Waals surface area contributed by atoms with Gasteiger partial charge in [0.25, 0.3) is 5.91 Å². The third kappa shape index (κ3) is 3.80. The molecular formula is C22H28N2O9.